The van der Waals surface area contributed by atoms with Crippen molar-refractivity contribution in [1.82, 2.24) is 15.0 Å². The van der Waals surface area contributed by atoms with E-state index in [1.54, 1.807) is 30.4 Å². The molecule has 4 rings (SSSR count). The van der Waals surface area contributed by atoms with Gasteiger partial charge in [-0.2, -0.15) is 0 Å². The Balaban J connectivity index is 1.54. The highest BCUT2D eigenvalue weighted by Gasteiger charge is 2.15. The molecule has 9 heteroatoms. The van der Waals surface area contributed by atoms with Gasteiger partial charge < -0.3 is 16.4 Å². The summed E-state index contributed by atoms with van der Waals surface area (Å²) in [5.74, 6) is -0.303. The highest BCUT2D eigenvalue weighted by atomic mass is 16.5. The van der Waals surface area contributed by atoms with Crippen molar-refractivity contribution < 1.29 is 14.8 Å². The number of fused-ring (bicyclic) bond motifs is 1. The minimum atomic E-state index is -0.552. The molecule has 2 amide bonds. The van der Waals surface area contributed by atoms with E-state index in [2.05, 4.69) is 20.6 Å². The van der Waals surface area contributed by atoms with Gasteiger partial charge in [-0.3, -0.25) is 19.9 Å². The maximum atomic E-state index is 12.5. The molecule has 0 saturated carbocycles. The third-order valence-electron chi connectivity index (χ3n) is 5.07. The fourth-order valence-corrected chi connectivity index (χ4v) is 3.46. The van der Waals surface area contributed by atoms with Gasteiger partial charge in [-0.25, -0.2) is 9.97 Å². The first-order chi connectivity index (χ1) is 15.4. The molecule has 162 valence electrons. The zero-order valence-electron chi connectivity index (χ0n) is 17.3. The van der Waals surface area contributed by atoms with Crippen LogP contribution in [0.4, 0.5) is 11.5 Å². The Morgan fingerprint density at radius 1 is 1.19 bits per heavy atom. The van der Waals surface area contributed by atoms with Crippen LogP contribution in [-0.2, 0) is 4.79 Å². The second-order valence-electron chi connectivity index (χ2n) is 7.34. The number of amides is 2. The Morgan fingerprint density at radius 2 is 2.00 bits per heavy atom. The van der Waals surface area contributed by atoms with Crippen LogP contribution >= 0.6 is 0 Å². The molecule has 1 aliphatic heterocycles. The van der Waals surface area contributed by atoms with Gasteiger partial charge in [0.1, 0.15) is 12.1 Å². The molecule has 3 aromatic rings. The third-order valence-corrected chi connectivity index (χ3v) is 5.07. The number of hydroxylamine groups is 2. The second kappa shape index (κ2) is 8.86. The first kappa shape index (κ1) is 21.0. The van der Waals surface area contributed by atoms with E-state index in [4.69, 9.17) is 5.73 Å². The first-order valence-electron chi connectivity index (χ1n) is 9.97. The molecule has 0 spiro atoms. The summed E-state index contributed by atoms with van der Waals surface area (Å²) < 4.78 is 0. The molecule has 1 aromatic heterocycles. The van der Waals surface area contributed by atoms with Gasteiger partial charge in [-0.15, -0.1) is 0 Å². The standard InChI is InChI=1S/C23H22N6O3/c1-14(27-22-19-9-3-8-18(21(24)30)20(19)25-13-26-22)15-5-2-7-17(11-15)28-23(31)16-6-4-10-29(32)12-16/h2-9,11-14,32H,10H2,1H3,(H2,24,30)(H,28,31)(H,25,26,27). The van der Waals surface area contributed by atoms with Crippen LogP contribution < -0.4 is 16.4 Å². The van der Waals surface area contributed by atoms with Crippen LogP contribution in [-0.4, -0.2) is 38.6 Å². The van der Waals surface area contributed by atoms with Crippen molar-refractivity contribution in [2.75, 3.05) is 17.2 Å². The van der Waals surface area contributed by atoms with Crippen LogP contribution in [0, 0.1) is 0 Å². The predicted molar refractivity (Wildman–Crippen MR) is 121 cm³/mol. The topological polar surface area (TPSA) is 133 Å². The molecule has 5 N–H and O–H groups in total. The van der Waals surface area contributed by atoms with Crippen molar-refractivity contribution in [2.45, 2.75) is 13.0 Å². The number of carbonyl (C=O) groups is 2. The molecule has 2 heterocycles. The number of benzene rings is 2. The summed E-state index contributed by atoms with van der Waals surface area (Å²) in [6.45, 7) is 2.30. The Kier molecular flexibility index (Phi) is 5.82. The summed E-state index contributed by atoms with van der Waals surface area (Å²) in [4.78, 5) is 32.7. The molecule has 0 radical (unpaired) electrons. The summed E-state index contributed by atoms with van der Waals surface area (Å²) >= 11 is 0. The molecule has 2 aromatic carbocycles. The lowest BCUT2D eigenvalue weighted by atomic mass is 10.1. The van der Waals surface area contributed by atoms with Crippen LogP contribution in [0.3, 0.4) is 0 Å². The fraction of sp³-hybridized carbons (Fsp3) is 0.130. The van der Waals surface area contributed by atoms with E-state index in [9.17, 15) is 14.8 Å². The zero-order valence-corrected chi connectivity index (χ0v) is 17.3. The van der Waals surface area contributed by atoms with Crippen molar-refractivity contribution >= 4 is 34.2 Å². The van der Waals surface area contributed by atoms with Crippen molar-refractivity contribution in [3.63, 3.8) is 0 Å². The first-order valence-corrected chi connectivity index (χ1v) is 9.97. The highest BCUT2D eigenvalue weighted by molar-refractivity contribution is 6.07. The molecular formula is C23H22N6O3. The normalized spacial score (nSPS) is 14.1. The molecule has 0 fully saturated rings. The lowest BCUT2D eigenvalue weighted by Crippen LogP contribution is -2.21. The average Bonchev–Trinajstić information content (AvgIpc) is 2.79. The monoisotopic (exact) mass is 430 g/mol. The quantitative estimate of drug-likeness (QED) is 0.472. The molecular weight excluding hydrogens is 408 g/mol. The molecule has 9 nitrogen and oxygen atoms in total. The van der Waals surface area contributed by atoms with Crippen LogP contribution in [0.25, 0.3) is 10.9 Å². The van der Waals surface area contributed by atoms with E-state index in [0.717, 1.165) is 10.6 Å². The van der Waals surface area contributed by atoms with E-state index >= 15 is 0 Å². The fourth-order valence-electron chi connectivity index (χ4n) is 3.46. The van der Waals surface area contributed by atoms with Crippen LogP contribution in [0.1, 0.15) is 28.9 Å². The Hall–Kier alpha value is -4.24. The van der Waals surface area contributed by atoms with E-state index in [-0.39, 0.29) is 11.9 Å². The smallest absolute Gasteiger partial charge is 0.257 e. The van der Waals surface area contributed by atoms with E-state index < -0.39 is 5.91 Å². The van der Waals surface area contributed by atoms with Crippen molar-refractivity contribution in [2.24, 2.45) is 5.73 Å². The van der Waals surface area contributed by atoms with Gasteiger partial charge in [-0.05, 0) is 36.8 Å². The number of nitrogens with zero attached hydrogens (tertiary/aromatic N) is 3. The Labute approximate surface area is 184 Å². The second-order valence-corrected chi connectivity index (χ2v) is 7.34. The molecule has 1 aliphatic rings. The molecule has 1 atom stereocenters. The number of hydrogen-bond acceptors (Lipinski definition) is 7. The van der Waals surface area contributed by atoms with Crippen LogP contribution in [0.15, 0.2) is 72.7 Å². The summed E-state index contributed by atoms with van der Waals surface area (Å²) in [7, 11) is 0. The summed E-state index contributed by atoms with van der Waals surface area (Å²) in [5, 5.41) is 17.4. The van der Waals surface area contributed by atoms with Crippen molar-refractivity contribution in [3.05, 3.63) is 83.8 Å². The van der Waals surface area contributed by atoms with Gasteiger partial charge >= 0.3 is 0 Å². The van der Waals surface area contributed by atoms with Gasteiger partial charge in [0, 0.05) is 17.3 Å². The maximum absolute atomic E-state index is 12.5. The van der Waals surface area contributed by atoms with E-state index in [1.807, 2.05) is 31.2 Å². The molecule has 0 saturated heterocycles. The molecule has 0 aliphatic carbocycles. The minimum Gasteiger partial charge on any atom is -0.366 e. The lowest BCUT2D eigenvalue weighted by molar-refractivity contribution is -0.113. The minimum absolute atomic E-state index is 0.163. The van der Waals surface area contributed by atoms with E-state index in [1.165, 1.54) is 12.5 Å². The van der Waals surface area contributed by atoms with Crippen LogP contribution in [0.2, 0.25) is 0 Å². The number of rotatable bonds is 6. The average molecular weight is 430 g/mol. The number of carbonyl (C=O) groups excluding carboxylic acids is 2. The number of para-hydroxylation sites is 1. The van der Waals surface area contributed by atoms with Gasteiger partial charge in [0.2, 0.25) is 0 Å². The van der Waals surface area contributed by atoms with Gasteiger partial charge in [0.15, 0.2) is 0 Å². The Morgan fingerprint density at radius 3 is 2.78 bits per heavy atom. The van der Waals surface area contributed by atoms with Crippen LogP contribution in [0.5, 0.6) is 0 Å². The number of anilines is 2. The summed E-state index contributed by atoms with van der Waals surface area (Å²) in [6.07, 6.45) is 6.13. The van der Waals surface area contributed by atoms with Gasteiger partial charge in [0.25, 0.3) is 11.8 Å². The van der Waals surface area contributed by atoms with Crippen molar-refractivity contribution in [1.29, 1.82) is 0 Å². The number of aromatic nitrogens is 2. The highest BCUT2D eigenvalue weighted by Crippen LogP contribution is 2.27. The van der Waals surface area contributed by atoms with Gasteiger partial charge in [0.05, 0.1) is 29.2 Å². The van der Waals surface area contributed by atoms with E-state index in [0.29, 0.717) is 40.1 Å². The number of nitrogens with one attached hydrogen (secondary N) is 2. The largest absolute Gasteiger partial charge is 0.366 e. The molecule has 0 bridgehead atoms. The van der Waals surface area contributed by atoms with Gasteiger partial charge in [-0.1, -0.05) is 30.4 Å². The lowest BCUT2D eigenvalue weighted by Gasteiger charge is -2.18. The predicted octanol–water partition coefficient (Wildman–Crippen LogP) is 2.99. The zero-order chi connectivity index (χ0) is 22.7. The number of primary amides is 1. The molecule has 32 heavy (non-hydrogen) atoms. The maximum Gasteiger partial charge on any atom is 0.257 e. The third kappa shape index (κ3) is 4.42. The number of hydrogen-bond donors (Lipinski definition) is 4. The summed E-state index contributed by atoms with van der Waals surface area (Å²) in [5.41, 5.74) is 8.16. The SMILES string of the molecule is CC(Nc1ncnc2c(C(N)=O)cccc12)c1cccc(NC(=O)C2=CN(O)CC=C2)c1. The van der Waals surface area contributed by atoms with Crippen molar-refractivity contribution in [3.8, 4) is 0 Å². The Bertz CT molecular complexity index is 1250. The number of nitrogens with two attached hydrogens (primary N) is 1. The molecule has 1 unspecified atom stereocenters. The summed E-state index contributed by atoms with van der Waals surface area (Å²) in [6, 6.07) is 12.4.